The molecule has 0 radical (unpaired) electrons. The standard InChI is InChI=1S/C16H22N2/c1-11-12(2)18-15-9-13(5-6-14(11)15)16(10-17)7-3-4-8-16/h5-6,9,18H,3-4,7-8,10,17H2,1-2H3. The summed E-state index contributed by atoms with van der Waals surface area (Å²) in [5, 5.41) is 1.35. The molecular formula is C16H22N2. The summed E-state index contributed by atoms with van der Waals surface area (Å²) >= 11 is 0. The lowest BCUT2D eigenvalue weighted by molar-refractivity contribution is 0.453. The lowest BCUT2D eigenvalue weighted by Crippen LogP contribution is -2.31. The zero-order valence-electron chi connectivity index (χ0n) is 11.3. The number of benzene rings is 1. The van der Waals surface area contributed by atoms with Crippen molar-refractivity contribution in [3.05, 3.63) is 35.0 Å². The summed E-state index contributed by atoms with van der Waals surface area (Å²) in [5.74, 6) is 0. The van der Waals surface area contributed by atoms with Crippen LogP contribution in [-0.4, -0.2) is 11.5 Å². The highest BCUT2D eigenvalue weighted by atomic mass is 14.7. The molecule has 1 aliphatic carbocycles. The van der Waals surface area contributed by atoms with Gasteiger partial charge in [0.25, 0.3) is 0 Å². The summed E-state index contributed by atoms with van der Waals surface area (Å²) in [6.45, 7) is 5.10. The predicted molar refractivity (Wildman–Crippen MR) is 77.0 cm³/mol. The fourth-order valence-corrected chi connectivity index (χ4v) is 3.46. The maximum Gasteiger partial charge on any atom is 0.0461 e. The Bertz CT molecular complexity index is 574. The van der Waals surface area contributed by atoms with Crippen LogP contribution in [-0.2, 0) is 5.41 Å². The molecule has 3 N–H and O–H groups in total. The second-order valence-corrected chi connectivity index (χ2v) is 5.83. The van der Waals surface area contributed by atoms with E-state index in [1.807, 2.05) is 0 Å². The molecule has 0 unspecified atom stereocenters. The summed E-state index contributed by atoms with van der Waals surface area (Å²) < 4.78 is 0. The van der Waals surface area contributed by atoms with E-state index < -0.39 is 0 Å². The summed E-state index contributed by atoms with van der Waals surface area (Å²) in [4.78, 5) is 3.49. The molecule has 1 aromatic heterocycles. The predicted octanol–water partition coefficient (Wildman–Crippen LogP) is 3.56. The molecule has 0 amide bonds. The van der Waals surface area contributed by atoms with Crippen LogP contribution in [0.4, 0.5) is 0 Å². The van der Waals surface area contributed by atoms with E-state index in [0.717, 1.165) is 6.54 Å². The van der Waals surface area contributed by atoms with Gasteiger partial charge in [-0.2, -0.15) is 0 Å². The number of aromatic amines is 1. The van der Waals surface area contributed by atoms with Crippen molar-refractivity contribution in [2.45, 2.75) is 44.9 Å². The largest absolute Gasteiger partial charge is 0.358 e. The van der Waals surface area contributed by atoms with E-state index in [9.17, 15) is 0 Å². The normalized spacial score (nSPS) is 18.6. The van der Waals surface area contributed by atoms with E-state index in [1.54, 1.807) is 0 Å². The Morgan fingerprint density at radius 1 is 1.22 bits per heavy atom. The summed E-state index contributed by atoms with van der Waals surface area (Å²) in [7, 11) is 0. The number of H-pyrrole nitrogens is 1. The van der Waals surface area contributed by atoms with E-state index >= 15 is 0 Å². The molecule has 0 spiro atoms. The molecule has 96 valence electrons. The van der Waals surface area contributed by atoms with Crippen molar-refractivity contribution < 1.29 is 0 Å². The summed E-state index contributed by atoms with van der Waals surface area (Å²) in [5.41, 5.74) is 11.6. The Balaban J connectivity index is 2.13. The van der Waals surface area contributed by atoms with Crippen LogP contribution in [0.15, 0.2) is 18.2 Å². The van der Waals surface area contributed by atoms with Crippen molar-refractivity contribution in [2.24, 2.45) is 5.73 Å². The third kappa shape index (κ3) is 1.59. The molecule has 1 aromatic carbocycles. The molecule has 1 saturated carbocycles. The third-order valence-corrected chi connectivity index (χ3v) is 4.87. The maximum atomic E-state index is 6.07. The number of nitrogens with two attached hydrogens (primary N) is 1. The molecular weight excluding hydrogens is 220 g/mol. The SMILES string of the molecule is Cc1[nH]c2cc(C3(CN)CCCC3)ccc2c1C. The Kier molecular flexibility index (Phi) is 2.70. The average molecular weight is 242 g/mol. The lowest BCUT2D eigenvalue weighted by atomic mass is 9.79. The van der Waals surface area contributed by atoms with E-state index in [1.165, 1.54) is 53.4 Å². The lowest BCUT2D eigenvalue weighted by Gasteiger charge is -2.27. The van der Waals surface area contributed by atoms with Gasteiger partial charge in [0, 0.05) is 28.6 Å². The van der Waals surface area contributed by atoms with Gasteiger partial charge in [-0.3, -0.25) is 0 Å². The minimum absolute atomic E-state index is 0.237. The van der Waals surface area contributed by atoms with Gasteiger partial charge < -0.3 is 10.7 Å². The van der Waals surface area contributed by atoms with Crippen LogP contribution in [0.1, 0.15) is 42.5 Å². The monoisotopic (exact) mass is 242 g/mol. The first-order valence-corrected chi connectivity index (χ1v) is 6.96. The zero-order chi connectivity index (χ0) is 12.8. The number of rotatable bonds is 2. The van der Waals surface area contributed by atoms with E-state index in [0.29, 0.717) is 0 Å². The highest BCUT2D eigenvalue weighted by Gasteiger charge is 2.34. The van der Waals surface area contributed by atoms with Crippen LogP contribution in [0.5, 0.6) is 0 Å². The Hall–Kier alpha value is -1.28. The van der Waals surface area contributed by atoms with E-state index in [-0.39, 0.29) is 5.41 Å². The second kappa shape index (κ2) is 4.13. The zero-order valence-corrected chi connectivity index (χ0v) is 11.3. The molecule has 0 aliphatic heterocycles. The average Bonchev–Trinajstić information content (AvgIpc) is 2.96. The fourth-order valence-electron chi connectivity index (χ4n) is 3.46. The van der Waals surface area contributed by atoms with E-state index in [4.69, 9.17) is 5.73 Å². The van der Waals surface area contributed by atoms with Gasteiger partial charge in [0.15, 0.2) is 0 Å². The van der Waals surface area contributed by atoms with Gasteiger partial charge in [0.1, 0.15) is 0 Å². The van der Waals surface area contributed by atoms with Crippen molar-refractivity contribution in [3.8, 4) is 0 Å². The van der Waals surface area contributed by atoms with Crippen LogP contribution >= 0.6 is 0 Å². The van der Waals surface area contributed by atoms with Crippen molar-refractivity contribution in [3.63, 3.8) is 0 Å². The summed E-state index contributed by atoms with van der Waals surface area (Å²) in [6.07, 6.45) is 5.12. The second-order valence-electron chi connectivity index (χ2n) is 5.83. The van der Waals surface area contributed by atoms with Crippen molar-refractivity contribution in [1.29, 1.82) is 0 Å². The van der Waals surface area contributed by atoms with Crippen LogP contribution in [0.3, 0.4) is 0 Å². The van der Waals surface area contributed by atoms with Crippen LogP contribution in [0.25, 0.3) is 10.9 Å². The molecule has 2 nitrogen and oxygen atoms in total. The number of aromatic nitrogens is 1. The van der Waals surface area contributed by atoms with Gasteiger partial charge in [-0.05, 0) is 43.9 Å². The van der Waals surface area contributed by atoms with Crippen molar-refractivity contribution in [2.75, 3.05) is 6.54 Å². The van der Waals surface area contributed by atoms with Gasteiger partial charge in [-0.15, -0.1) is 0 Å². The fraction of sp³-hybridized carbons (Fsp3) is 0.500. The van der Waals surface area contributed by atoms with Gasteiger partial charge in [0.05, 0.1) is 0 Å². The Morgan fingerprint density at radius 2 is 1.94 bits per heavy atom. The van der Waals surface area contributed by atoms with Crippen LogP contribution in [0.2, 0.25) is 0 Å². The molecule has 0 saturated heterocycles. The minimum Gasteiger partial charge on any atom is -0.358 e. The summed E-state index contributed by atoms with van der Waals surface area (Å²) in [6, 6.07) is 6.88. The van der Waals surface area contributed by atoms with Crippen LogP contribution < -0.4 is 5.73 Å². The third-order valence-electron chi connectivity index (χ3n) is 4.87. The molecule has 2 aromatic rings. The van der Waals surface area contributed by atoms with Gasteiger partial charge in [-0.25, -0.2) is 0 Å². The number of hydrogen-bond acceptors (Lipinski definition) is 1. The first-order chi connectivity index (χ1) is 8.66. The minimum atomic E-state index is 0.237. The Morgan fingerprint density at radius 3 is 2.61 bits per heavy atom. The van der Waals surface area contributed by atoms with Crippen molar-refractivity contribution in [1.82, 2.24) is 4.98 Å². The quantitative estimate of drug-likeness (QED) is 0.830. The first kappa shape index (κ1) is 11.8. The van der Waals surface area contributed by atoms with Gasteiger partial charge in [-0.1, -0.05) is 25.0 Å². The first-order valence-electron chi connectivity index (χ1n) is 6.96. The molecule has 1 heterocycles. The van der Waals surface area contributed by atoms with Gasteiger partial charge >= 0.3 is 0 Å². The number of nitrogens with one attached hydrogen (secondary N) is 1. The maximum absolute atomic E-state index is 6.07. The van der Waals surface area contributed by atoms with Crippen LogP contribution in [0, 0.1) is 13.8 Å². The number of hydrogen-bond donors (Lipinski definition) is 2. The molecule has 1 aliphatic rings. The number of fused-ring (bicyclic) bond motifs is 1. The molecule has 2 heteroatoms. The molecule has 18 heavy (non-hydrogen) atoms. The highest BCUT2D eigenvalue weighted by molar-refractivity contribution is 5.85. The molecule has 1 fully saturated rings. The molecule has 0 atom stereocenters. The highest BCUT2D eigenvalue weighted by Crippen LogP contribution is 2.41. The topological polar surface area (TPSA) is 41.8 Å². The number of aryl methyl sites for hydroxylation is 2. The van der Waals surface area contributed by atoms with E-state index in [2.05, 4.69) is 37.0 Å². The molecule has 3 rings (SSSR count). The molecule has 0 bridgehead atoms. The van der Waals surface area contributed by atoms with Gasteiger partial charge in [0.2, 0.25) is 0 Å². The Labute approximate surface area is 109 Å². The smallest absolute Gasteiger partial charge is 0.0461 e. The van der Waals surface area contributed by atoms with Crippen molar-refractivity contribution >= 4 is 10.9 Å².